The van der Waals surface area contributed by atoms with Crippen molar-refractivity contribution in [3.8, 4) is 0 Å². The van der Waals surface area contributed by atoms with Crippen LogP contribution in [0.1, 0.15) is 12.8 Å². The third kappa shape index (κ3) is 3.91. The summed E-state index contributed by atoms with van der Waals surface area (Å²) in [7, 11) is 0. The molecule has 1 unspecified atom stereocenters. The van der Waals surface area contributed by atoms with E-state index < -0.39 is 0 Å². The lowest BCUT2D eigenvalue weighted by Gasteiger charge is -2.12. The highest BCUT2D eigenvalue weighted by Gasteiger charge is 2.14. The van der Waals surface area contributed by atoms with Gasteiger partial charge in [0.15, 0.2) is 0 Å². The standard InChI is InChI=1S/C12H16Br2N2O2/c13-9-6-11(14)12(17)16(8-9)4-3-15-7-10-2-1-5-18-10/h6,8,10,15H,1-5,7H2. The Balaban J connectivity index is 1.81. The van der Waals surface area contributed by atoms with Crippen molar-refractivity contribution in [2.75, 3.05) is 19.7 Å². The van der Waals surface area contributed by atoms with Crippen molar-refractivity contribution in [1.82, 2.24) is 9.88 Å². The maximum Gasteiger partial charge on any atom is 0.264 e. The van der Waals surface area contributed by atoms with Crippen molar-refractivity contribution in [2.24, 2.45) is 0 Å². The minimum atomic E-state index is -0.00267. The van der Waals surface area contributed by atoms with E-state index in [1.807, 2.05) is 0 Å². The van der Waals surface area contributed by atoms with Gasteiger partial charge in [-0.3, -0.25) is 4.79 Å². The summed E-state index contributed by atoms with van der Waals surface area (Å²) in [5.41, 5.74) is -0.00267. The highest BCUT2D eigenvalue weighted by atomic mass is 79.9. The predicted octanol–water partition coefficient (Wildman–Crippen LogP) is 2.14. The van der Waals surface area contributed by atoms with Gasteiger partial charge in [0.1, 0.15) is 0 Å². The molecule has 0 saturated carbocycles. The summed E-state index contributed by atoms with van der Waals surface area (Å²) in [6.45, 7) is 3.17. The topological polar surface area (TPSA) is 43.3 Å². The Labute approximate surface area is 123 Å². The lowest BCUT2D eigenvalue weighted by molar-refractivity contribution is 0.110. The Bertz CT molecular complexity index is 456. The van der Waals surface area contributed by atoms with Crippen LogP contribution in [0.25, 0.3) is 0 Å². The highest BCUT2D eigenvalue weighted by molar-refractivity contribution is 9.11. The lowest BCUT2D eigenvalue weighted by Crippen LogP contribution is -2.31. The van der Waals surface area contributed by atoms with Crippen molar-refractivity contribution in [2.45, 2.75) is 25.5 Å². The molecule has 1 aromatic heterocycles. The van der Waals surface area contributed by atoms with E-state index in [-0.39, 0.29) is 5.56 Å². The van der Waals surface area contributed by atoms with Gasteiger partial charge in [-0.1, -0.05) is 0 Å². The molecule has 6 heteroatoms. The molecule has 1 aliphatic rings. The van der Waals surface area contributed by atoms with Crippen molar-refractivity contribution >= 4 is 31.9 Å². The molecule has 0 aliphatic carbocycles. The van der Waals surface area contributed by atoms with Crippen LogP contribution in [0.3, 0.4) is 0 Å². The van der Waals surface area contributed by atoms with Crippen LogP contribution in [-0.2, 0) is 11.3 Å². The molecule has 1 atom stereocenters. The van der Waals surface area contributed by atoms with E-state index >= 15 is 0 Å². The second-order valence-electron chi connectivity index (χ2n) is 4.34. The van der Waals surface area contributed by atoms with Crippen LogP contribution in [0.4, 0.5) is 0 Å². The van der Waals surface area contributed by atoms with Gasteiger partial charge >= 0.3 is 0 Å². The van der Waals surface area contributed by atoms with Crippen molar-refractivity contribution < 1.29 is 4.74 Å². The average molecular weight is 380 g/mol. The minimum absolute atomic E-state index is 0.00267. The van der Waals surface area contributed by atoms with E-state index in [0.29, 0.717) is 17.1 Å². The summed E-state index contributed by atoms with van der Waals surface area (Å²) in [5.74, 6) is 0. The average Bonchev–Trinajstić information content (AvgIpc) is 2.83. The van der Waals surface area contributed by atoms with E-state index in [1.54, 1.807) is 16.8 Å². The zero-order valence-corrected chi connectivity index (χ0v) is 13.2. The Morgan fingerprint density at radius 1 is 1.50 bits per heavy atom. The molecular formula is C12H16Br2N2O2. The molecule has 0 amide bonds. The van der Waals surface area contributed by atoms with E-state index in [9.17, 15) is 4.79 Å². The summed E-state index contributed by atoms with van der Waals surface area (Å²) in [4.78, 5) is 11.8. The zero-order chi connectivity index (χ0) is 13.0. The predicted molar refractivity (Wildman–Crippen MR) is 77.9 cm³/mol. The first kappa shape index (κ1) is 14.2. The number of hydrogen-bond acceptors (Lipinski definition) is 3. The fourth-order valence-electron chi connectivity index (χ4n) is 2.00. The first-order chi connectivity index (χ1) is 8.66. The number of nitrogens with zero attached hydrogens (tertiary/aromatic N) is 1. The largest absolute Gasteiger partial charge is 0.377 e. The smallest absolute Gasteiger partial charge is 0.264 e. The van der Waals surface area contributed by atoms with Crippen LogP contribution in [0, 0.1) is 0 Å². The van der Waals surface area contributed by atoms with Crippen LogP contribution in [0.2, 0.25) is 0 Å². The molecule has 1 aliphatic heterocycles. The van der Waals surface area contributed by atoms with E-state index in [4.69, 9.17) is 4.74 Å². The Morgan fingerprint density at radius 3 is 3.06 bits per heavy atom. The second-order valence-corrected chi connectivity index (χ2v) is 6.11. The molecule has 2 heterocycles. The van der Waals surface area contributed by atoms with Gasteiger partial charge in [-0.15, -0.1) is 0 Å². The Kier molecular flexibility index (Phi) is 5.41. The summed E-state index contributed by atoms with van der Waals surface area (Å²) in [5, 5.41) is 3.33. The molecule has 2 rings (SSSR count). The number of rotatable bonds is 5. The van der Waals surface area contributed by atoms with Crippen LogP contribution >= 0.6 is 31.9 Å². The van der Waals surface area contributed by atoms with Gasteiger partial charge in [0.25, 0.3) is 5.56 Å². The van der Waals surface area contributed by atoms with E-state index in [0.717, 1.165) is 37.0 Å². The fraction of sp³-hybridized carbons (Fsp3) is 0.583. The lowest BCUT2D eigenvalue weighted by atomic mass is 10.2. The number of nitrogens with one attached hydrogen (secondary N) is 1. The third-order valence-corrected chi connectivity index (χ3v) is 3.94. The summed E-state index contributed by atoms with van der Waals surface area (Å²) < 4.78 is 8.69. The summed E-state index contributed by atoms with van der Waals surface area (Å²) >= 11 is 6.64. The molecular weight excluding hydrogens is 364 g/mol. The van der Waals surface area contributed by atoms with Gasteiger partial charge in [0.05, 0.1) is 10.6 Å². The van der Waals surface area contributed by atoms with Crippen LogP contribution < -0.4 is 10.9 Å². The molecule has 0 aromatic carbocycles. The zero-order valence-electron chi connectivity index (χ0n) is 9.99. The molecule has 100 valence electrons. The van der Waals surface area contributed by atoms with Gasteiger partial charge in [-0.2, -0.15) is 0 Å². The molecule has 1 fully saturated rings. The highest BCUT2D eigenvalue weighted by Crippen LogP contribution is 2.12. The number of hydrogen-bond donors (Lipinski definition) is 1. The summed E-state index contributed by atoms with van der Waals surface area (Å²) in [6, 6.07) is 1.76. The number of aromatic nitrogens is 1. The van der Waals surface area contributed by atoms with Crippen LogP contribution in [0.15, 0.2) is 26.0 Å². The van der Waals surface area contributed by atoms with Crippen molar-refractivity contribution in [3.63, 3.8) is 0 Å². The molecule has 1 saturated heterocycles. The van der Waals surface area contributed by atoms with E-state index in [1.165, 1.54) is 0 Å². The maximum absolute atomic E-state index is 11.8. The SMILES string of the molecule is O=c1c(Br)cc(Br)cn1CCNCC1CCCO1. The molecule has 0 radical (unpaired) electrons. The summed E-state index contributed by atoms with van der Waals surface area (Å²) in [6.07, 6.45) is 4.44. The molecule has 4 nitrogen and oxygen atoms in total. The third-order valence-electron chi connectivity index (χ3n) is 2.93. The molecule has 1 N–H and O–H groups in total. The first-order valence-corrected chi connectivity index (χ1v) is 7.63. The van der Waals surface area contributed by atoms with Crippen molar-refractivity contribution in [1.29, 1.82) is 0 Å². The Hall–Kier alpha value is -0.170. The van der Waals surface area contributed by atoms with Gasteiger partial charge in [-0.25, -0.2) is 0 Å². The molecule has 1 aromatic rings. The van der Waals surface area contributed by atoms with Gasteiger partial charge in [-0.05, 0) is 50.8 Å². The van der Waals surface area contributed by atoms with Gasteiger partial charge < -0.3 is 14.6 Å². The monoisotopic (exact) mass is 378 g/mol. The molecule has 18 heavy (non-hydrogen) atoms. The minimum Gasteiger partial charge on any atom is -0.377 e. The van der Waals surface area contributed by atoms with Crippen LogP contribution in [-0.4, -0.2) is 30.4 Å². The number of halogens is 2. The number of pyridine rings is 1. The van der Waals surface area contributed by atoms with Gasteiger partial charge in [0.2, 0.25) is 0 Å². The number of ether oxygens (including phenoxy) is 1. The van der Waals surface area contributed by atoms with Crippen molar-refractivity contribution in [3.05, 3.63) is 31.6 Å². The second kappa shape index (κ2) is 6.84. The van der Waals surface area contributed by atoms with Gasteiger partial charge in [0, 0.05) is 36.9 Å². The van der Waals surface area contributed by atoms with Crippen LogP contribution in [0.5, 0.6) is 0 Å². The molecule has 0 spiro atoms. The Morgan fingerprint density at radius 2 is 2.33 bits per heavy atom. The quantitative estimate of drug-likeness (QED) is 0.797. The normalized spacial score (nSPS) is 19.3. The first-order valence-electron chi connectivity index (χ1n) is 6.04. The fourth-order valence-corrected chi connectivity index (χ4v) is 3.26. The molecule has 0 bridgehead atoms. The van der Waals surface area contributed by atoms with E-state index in [2.05, 4.69) is 37.2 Å². The maximum atomic E-state index is 11.8.